The number of hydrogen-bond acceptors (Lipinski definition) is 5. The van der Waals surface area contributed by atoms with E-state index >= 15 is 0 Å². The van der Waals surface area contributed by atoms with Crippen LogP contribution in [-0.2, 0) is 21.4 Å². The van der Waals surface area contributed by atoms with Gasteiger partial charge in [-0.25, -0.2) is 12.8 Å². The fraction of sp³-hybridized carbons (Fsp3) is 0.360. The number of rotatable bonds is 5. The Morgan fingerprint density at radius 1 is 0.886 bits per heavy atom. The molecule has 0 N–H and O–H groups in total. The van der Waals surface area contributed by atoms with Crippen molar-refractivity contribution in [3.63, 3.8) is 0 Å². The Balaban J connectivity index is 1.33. The minimum atomic E-state index is -3.59. The predicted molar refractivity (Wildman–Crippen MR) is 131 cm³/mol. The average molecular weight is 499 g/mol. The molecule has 184 valence electrons. The third kappa shape index (κ3) is 4.55. The Labute approximate surface area is 203 Å². The zero-order valence-electron chi connectivity index (χ0n) is 19.3. The Morgan fingerprint density at radius 2 is 1.60 bits per heavy atom. The maximum absolute atomic E-state index is 14.1. The van der Waals surface area contributed by atoms with Crippen molar-refractivity contribution in [2.45, 2.75) is 24.3 Å². The van der Waals surface area contributed by atoms with Crippen molar-refractivity contribution in [1.82, 2.24) is 13.8 Å². The summed E-state index contributed by atoms with van der Waals surface area (Å²) in [5, 5.41) is 0.585. The van der Waals surface area contributed by atoms with Crippen molar-refractivity contribution in [3.05, 3.63) is 70.8 Å². The van der Waals surface area contributed by atoms with E-state index in [4.69, 9.17) is 0 Å². The Morgan fingerprint density at radius 3 is 2.31 bits per heavy atom. The van der Waals surface area contributed by atoms with Crippen LogP contribution in [0.3, 0.4) is 0 Å². The summed E-state index contributed by atoms with van der Waals surface area (Å²) in [6.45, 7) is 2.71. The quantitative estimate of drug-likeness (QED) is 0.539. The van der Waals surface area contributed by atoms with Crippen LogP contribution in [0.15, 0.2) is 64.3 Å². The third-order valence-corrected chi connectivity index (χ3v) is 8.68. The van der Waals surface area contributed by atoms with Crippen LogP contribution < -0.4 is 10.5 Å². The molecule has 0 saturated carbocycles. The molecule has 0 radical (unpaired) electrons. The van der Waals surface area contributed by atoms with Crippen molar-refractivity contribution in [2.75, 3.05) is 44.2 Å². The largest absolute Gasteiger partial charge is 0.366 e. The number of pyridine rings is 1. The summed E-state index contributed by atoms with van der Waals surface area (Å²) in [4.78, 5) is 29.4. The van der Waals surface area contributed by atoms with E-state index in [1.54, 1.807) is 41.3 Å². The molecule has 0 atom stereocenters. The molecule has 0 unspecified atom stereocenters. The van der Waals surface area contributed by atoms with E-state index in [1.165, 1.54) is 27.1 Å². The Bertz CT molecular complexity index is 1420. The molecular weight excluding hydrogens is 471 g/mol. The number of halogens is 1. The van der Waals surface area contributed by atoms with E-state index < -0.39 is 10.0 Å². The van der Waals surface area contributed by atoms with E-state index in [9.17, 15) is 22.4 Å². The highest BCUT2D eigenvalue weighted by atomic mass is 32.2. The number of para-hydroxylation sites is 1. The monoisotopic (exact) mass is 498 g/mol. The fourth-order valence-electron chi connectivity index (χ4n) is 4.82. The topological polar surface area (TPSA) is 82.9 Å². The number of nitrogens with zero attached hydrogens (tertiary/aromatic N) is 4. The minimum Gasteiger partial charge on any atom is -0.366 e. The second-order valence-electron chi connectivity index (χ2n) is 8.91. The Kier molecular flexibility index (Phi) is 6.33. The lowest BCUT2D eigenvalue weighted by atomic mass is 10.2. The van der Waals surface area contributed by atoms with Crippen molar-refractivity contribution in [3.8, 4) is 0 Å². The van der Waals surface area contributed by atoms with E-state index in [1.807, 2.05) is 4.90 Å². The first-order chi connectivity index (χ1) is 16.8. The summed E-state index contributed by atoms with van der Waals surface area (Å²) < 4.78 is 42.8. The molecule has 2 aliphatic rings. The maximum Gasteiger partial charge on any atom is 0.251 e. The van der Waals surface area contributed by atoms with Crippen LogP contribution in [0, 0.1) is 5.82 Å². The number of hydrogen-bond donors (Lipinski definition) is 0. The Hall–Kier alpha value is -3.24. The zero-order chi connectivity index (χ0) is 24.6. The molecule has 5 rings (SSSR count). The molecule has 0 aliphatic carbocycles. The number of anilines is 1. The van der Waals surface area contributed by atoms with Crippen LogP contribution in [0.25, 0.3) is 10.9 Å². The van der Waals surface area contributed by atoms with Crippen molar-refractivity contribution < 1.29 is 17.6 Å². The van der Waals surface area contributed by atoms with E-state index in [2.05, 4.69) is 0 Å². The molecule has 0 bridgehead atoms. The highest BCUT2D eigenvalue weighted by Crippen LogP contribution is 2.24. The second-order valence-corrected chi connectivity index (χ2v) is 10.8. The van der Waals surface area contributed by atoms with Crippen molar-refractivity contribution in [1.29, 1.82) is 0 Å². The number of carbonyl (C=O) groups is 1. The van der Waals surface area contributed by atoms with Gasteiger partial charge in [-0.3, -0.25) is 14.2 Å². The van der Waals surface area contributed by atoms with Gasteiger partial charge in [0.25, 0.3) is 5.56 Å². The van der Waals surface area contributed by atoms with Crippen LogP contribution in [0.5, 0.6) is 0 Å². The normalized spacial score (nSPS) is 17.3. The molecule has 8 nitrogen and oxygen atoms in total. The number of piperazine rings is 1. The zero-order valence-corrected chi connectivity index (χ0v) is 20.1. The van der Waals surface area contributed by atoms with Gasteiger partial charge in [0.05, 0.1) is 16.1 Å². The van der Waals surface area contributed by atoms with Crippen LogP contribution >= 0.6 is 0 Å². The lowest BCUT2D eigenvalue weighted by molar-refractivity contribution is -0.132. The fourth-order valence-corrected chi connectivity index (χ4v) is 6.38. The van der Waals surface area contributed by atoms with Gasteiger partial charge in [0.2, 0.25) is 15.9 Å². The molecule has 0 spiro atoms. The number of fused-ring (bicyclic) bond motifs is 1. The van der Waals surface area contributed by atoms with Gasteiger partial charge in [-0.15, -0.1) is 0 Å². The van der Waals surface area contributed by atoms with Crippen LogP contribution in [-0.4, -0.2) is 67.4 Å². The van der Waals surface area contributed by atoms with Crippen molar-refractivity contribution >= 4 is 32.5 Å². The summed E-state index contributed by atoms with van der Waals surface area (Å²) in [6, 6.07) is 14.2. The molecule has 3 heterocycles. The molecular formula is C25H27FN4O4S. The maximum atomic E-state index is 14.1. The molecule has 10 heteroatoms. The van der Waals surface area contributed by atoms with Crippen LogP contribution in [0.2, 0.25) is 0 Å². The molecule has 1 amide bonds. The highest BCUT2D eigenvalue weighted by Gasteiger charge is 2.28. The second kappa shape index (κ2) is 9.43. The summed E-state index contributed by atoms with van der Waals surface area (Å²) >= 11 is 0. The molecule has 2 aliphatic heterocycles. The van der Waals surface area contributed by atoms with Crippen molar-refractivity contribution in [2.24, 2.45) is 0 Å². The number of carbonyl (C=O) groups excluding carboxylic acids is 1. The first-order valence-electron chi connectivity index (χ1n) is 11.8. The molecule has 3 aromatic rings. The SMILES string of the molecule is O=C(Cn1c(=O)ccc2cc(S(=O)(=O)N3CCCC3)ccc21)N1CCN(c2ccccc2F)CC1. The molecule has 2 saturated heterocycles. The summed E-state index contributed by atoms with van der Waals surface area (Å²) in [5.41, 5.74) is 0.701. The highest BCUT2D eigenvalue weighted by molar-refractivity contribution is 7.89. The summed E-state index contributed by atoms with van der Waals surface area (Å²) in [5.74, 6) is -0.498. The van der Waals surface area contributed by atoms with E-state index in [0.717, 1.165) is 12.8 Å². The van der Waals surface area contributed by atoms with E-state index in [0.29, 0.717) is 55.9 Å². The lowest BCUT2D eigenvalue weighted by Crippen LogP contribution is -2.50. The van der Waals surface area contributed by atoms with Gasteiger partial charge < -0.3 is 9.80 Å². The number of amides is 1. The number of benzene rings is 2. The number of aromatic nitrogens is 1. The molecule has 1 aromatic heterocycles. The average Bonchev–Trinajstić information content (AvgIpc) is 3.42. The van der Waals surface area contributed by atoms with Gasteiger partial charge >= 0.3 is 0 Å². The van der Waals surface area contributed by atoms with Gasteiger partial charge in [0.1, 0.15) is 12.4 Å². The smallest absolute Gasteiger partial charge is 0.251 e. The van der Waals surface area contributed by atoms with Gasteiger partial charge in [-0.2, -0.15) is 4.31 Å². The summed E-state index contributed by atoms with van der Waals surface area (Å²) in [7, 11) is -3.59. The van der Waals surface area contributed by atoms with Gasteiger partial charge in [-0.1, -0.05) is 12.1 Å². The third-order valence-electron chi connectivity index (χ3n) is 6.78. The first kappa shape index (κ1) is 23.5. The van der Waals surface area contributed by atoms with Crippen LogP contribution in [0.1, 0.15) is 12.8 Å². The van der Waals surface area contributed by atoms with Gasteiger partial charge in [0.15, 0.2) is 0 Å². The first-order valence-corrected chi connectivity index (χ1v) is 13.2. The molecule has 2 fully saturated rings. The van der Waals surface area contributed by atoms with Gasteiger partial charge in [0, 0.05) is 45.3 Å². The van der Waals surface area contributed by atoms with Crippen LogP contribution in [0.4, 0.5) is 10.1 Å². The molecule has 2 aromatic carbocycles. The number of sulfonamides is 1. The molecule has 35 heavy (non-hydrogen) atoms. The summed E-state index contributed by atoms with van der Waals surface area (Å²) in [6.07, 6.45) is 1.70. The minimum absolute atomic E-state index is 0.145. The standard InChI is InChI=1S/C25H27FN4O4S/c26-21-5-1-2-6-23(21)27-13-15-28(16-14-27)25(32)18-30-22-9-8-20(17-19(22)7-10-24(30)31)35(33,34)29-11-3-4-12-29/h1-2,5-10,17H,3-4,11-16,18H2. The lowest BCUT2D eigenvalue weighted by Gasteiger charge is -2.36. The predicted octanol–water partition coefficient (Wildman–Crippen LogP) is 2.27. The van der Waals surface area contributed by atoms with Gasteiger partial charge in [-0.05, 0) is 54.6 Å². The van der Waals surface area contributed by atoms with E-state index in [-0.39, 0.29) is 28.7 Å².